The Morgan fingerprint density at radius 3 is 2.27 bits per heavy atom. The van der Waals surface area contributed by atoms with Crippen molar-refractivity contribution in [2.45, 2.75) is 13.8 Å². The minimum atomic E-state index is 0. The monoisotopic (exact) mass is 443 g/mol. The van der Waals surface area contributed by atoms with Crippen LogP contribution in [0.2, 0.25) is 0 Å². The number of aromatic nitrogens is 1. The van der Waals surface area contributed by atoms with E-state index >= 15 is 0 Å². The number of rotatable bonds is 2. The summed E-state index contributed by atoms with van der Waals surface area (Å²) < 4.78 is 0. The summed E-state index contributed by atoms with van der Waals surface area (Å²) in [5.41, 5.74) is 5.97. The molecule has 3 aromatic rings. The van der Waals surface area contributed by atoms with Crippen molar-refractivity contribution >= 4 is 41.6 Å². The number of amides is 1. The molecule has 2 fully saturated rings. The van der Waals surface area contributed by atoms with Gasteiger partial charge in [-0.1, -0.05) is 30.3 Å². The van der Waals surface area contributed by atoms with Crippen LogP contribution in [0.5, 0.6) is 0 Å². The van der Waals surface area contributed by atoms with Gasteiger partial charge < -0.3 is 10.2 Å². The van der Waals surface area contributed by atoms with Gasteiger partial charge in [0.2, 0.25) is 0 Å². The van der Waals surface area contributed by atoms with Crippen molar-refractivity contribution in [2.24, 2.45) is 11.8 Å². The number of carbonyl (C=O) groups excluding carboxylic acids is 1. The van der Waals surface area contributed by atoms with Crippen LogP contribution < -0.4 is 5.32 Å². The first kappa shape index (κ1) is 22.5. The second-order valence-corrected chi connectivity index (χ2v) is 8.26. The van der Waals surface area contributed by atoms with Crippen molar-refractivity contribution < 1.29 is 4.79 Å². The fourth-order valence-electron chi connectivity index (χ4n) is 4.61. The second-order valence-electron chi connectivity index (χ2n) is 8.26. The number of carbonyl (C=O) groups is 1. The SMILES string of the molecule is Cc1cc2nc(-c3ccccc3)cc(C(=O)N3C[C@H]4CNC[C@H]4C3)c2cc1C.Cl.Cl. The van der Waals surface area contributed by atoms with Gasteiger partial charge in [-0.15, -0.1) is 24.8 Å². The van der Waals surface area contributed by atoms with Crippen molar-refractivity contribution in [3.63, 3.8) is 0 Å². The molecule has 4 nitrogen and oxygen atoms in total. The van der Waals surface area contributed by atoms with Crippen LogP contribution in [0.25, 0.3) is 22.2 Å². The van der Waals surface area contributed by atoms with E-state index in [1.54, 1.807) is 0 Å². The molecule has 2 saturated heterocycles. The summed E-state index contributed by atoms with van der Waals surface area (Å²) in [7, 11) is 0. The quantitative estimate of drug-likeness (QED) is 0.626. The Morgan fingerprint density at radius 2 is 1.60 bits per heavy atom. The maximum Gasteiger partial charge on any atom is 0.254 e. The van der Waals surface area contributed by atoms with Crippen LogP contribution in [0, 0.1) is 25.7 Å². The molecule has 1 N–H and O–H groups in total. The molecule has 30 heavy (non-hydrogen) atoms. The fourth-order valence-corrected chi connectivity index (χ4v) is 4.61. The van der Waals surface area contributed by atoms with Crippen molar-refractivity contribution in [1.82, 2.24) is 15.2 Å². The standard InChI is InChI=1S/C24H25N3O.2ClH/c1-15-8-20-21(24(28)27-13-18-11-25-12-19(18)14-27)10-22(17-6-4-3-5-7-17)26-23(20)9-16(15)2;;/h3-10,18-19,25H,11-14H2,1-2H3;2*1H/t18-,19+;;. The molecular formula is C24H27Cl2N3O. The van der Waals surface area contributed by atoms with Crippen molar-refractivity contribution in [1.29, 1.82) is 0 Å². The molecule has 6 heteroatoms. The molecule has 3 heterocycles. The van der Waals surface area contributed by atoms with Gasteiger partial charge in [0.05, 0.1) is 16.8 Å². The lowest BCUT2D eigenvalue weighted by Gasteiger charge is -2.20. The molecule has 0 bridgehead atoms. The maximum absolute atomic E-state index is 13.5. The number of hydrogen-bond donors (Lipinski definition) is 1. The zero-order chi connectivity index (χ0) is 19.3. The molecule has 5 rings (SSSR count). The van der Waals surface area contributed by atoms with Gasteiger partial charge in [-0.25, -0.2) is 4.98 Å². The maximum atomic E-state index is 13.5. The summed E-state index contributed by atoms with van der Waals surface area (Å²) in [5, 5.41) is 4.41. The lowest BCUT2D eigenvalue weighted by Crippen LogP contribution is -2.32. The van der Waals surface area contributed by atoms with Gasteiger partial charge in [-0.3, -0.25) is 4.79 Å². The average molecular weight is 444 g/mol. The van der Waals surface area contributed by atoms with E-state index < -0.39 is 0 Å². The number of fused-ring (bicyclic) bond motifs is 2. The molecular weight excluding hydrogens is 417 g/mol. The third-order valence-corrected chi connectivity index (χ3v) is 6.40. The number of hydrogen-bond acceptors (Lipinski definition) is 3. The van der Waals surface area contributed by atoms with Crippen LogP contribution in [-0.2, 0) is 0 Å². The van der Waals surface area contributed by atoms with Crippen molar-refractivity contribution in [3.8, 4) is 11.3 Å². The first-order valence-electron chi connectivity index (χ1n) is 10.1. The molecule has 0 unspecified atom stereocenters. The Bertz CT molecular complexity index is 1060. The summed E-state index contributed by atoms with van der Waals surface area (Å²) in [5.74, 6) is 1.33. The van der Waals surface area contributed by atoms with Crippen LogP contribution in [-0.4, -0.2) is 42.0 Å². The molecule has 2 aromatic carbocycles. The molecule has 2 atom stereocenters. The lowest BCUT2D eigenvalue weighted by atomic mass is 9.99. The van der Waals surface area contributed by atoms with E-state index in [1.807, 2.05) is 24.3 Å². The van der Waals surface area contributed by atoms with E-state index in [-0.39, 0.29) is 30.7 Å². The highest BCUT2D eigenvalue weighted by atomic mass is 35.5. The Morgan fingerprint density at radius 1 is 0.967 bits per heavy atom. The van der Waals surface area contributed by atoms with E-state index in [4.69, 9.17) is 4.98 Å². The normalized spacial score (nSPS) is 19.9. The van der Waals surface area contributed by atoms with Gasteiger partial charge in [0, 0.05) is 37.1 Å². The molecule has 1 amide bonds. The Kier molecular flexibility index (Phi) is 6.71. The smallest absolute Gasteiger partial charge is 0.254 e. The summed E-state index contributed by atoms with van der Waals surface area (Å²) in [6, 6.07) is 16.3. The van der Waals surface area contributed by atoms with Gasteiger partial charge in [0.1, 0.15) is 0 Å². The Balaban J connectivity index is 0.00000128. The number of halogens is 2. The zero-order valence-corrected chi connectivity index (χ0v) is 18.9. The third kappa shape index (κ3) is 3.92. The summed E-state index contributed by atoms with van der Waals surface area (Å²) >= 11 is 0. The van der Waals surface area contributed by atoms with E-state index in [0.29, 0.717) is 11.8 Å². The van der Waals surface area contributed by atoms with Gasteiger partial charge >= 0.3 is 0 Å². The molecule has 2 aliphatic rings. The van der Waals surface area contributed by atoms with Crippen LogP contribution >= 0.6 is 24.8 Å². The van der Waals surface area contributed by atoms with Gasteiger partial charge in [-0.2, -0.15) is 0 Å². The summed E-state index contributed by atoms with van der Waals surface area (Å²) in [6.07, 6.45) is 0. The van der Waals surface area contributed by atoms with E-state index in [0.717, 1.165) is 53.9 Å². The van der Waals surface area contributed by atoms with Crippen LogP contribution in [0.3, 0.4) is 0 Å². The number of nitrogens with zero attached hydrogens (tertiary/aromatic N) is 2. The number of nitrogens with one attached hydrogen (secondary N) is 1. The number of benzene rings is 2. The van der Waals surface area contributed by atoms with E-state index in [2.05, 4.69) is 48.3 Å². The molecule has 0 radical (unpaired) electrons. The zero-order valence-electron chi connectivity index (χ0n) is 17.2. The molecule has 0 spiro atoms. The lowest BCUT2D eigenvalue weighted by molar-refractivity contribution is 0.0783. The minimum Gasteiger partial charge on any atom is -0.338 e. The molecule has 0 aliphatic carbocycles. The van der Waals surface area contributed by atoms with E-state index in [9.17, 15) is 4.79 Å². The van der Waals surface area contributed by atoms with Crippen LogP contribution in [0.15, 0.2) is 48.5 Å². The highest BCUT2D eigenvalue weighted by Gasteiger charge is 2.38. The molecule has 158 valence electrons. The minimum absolute atomic E-state index is 0. The van der Waals surface area contributed by atoms with Crippen molar-refractivity contribution in [3.05, 3.63) is 65.2 Å². The van der Waals surface area contributed by atoms with Gasteiger partial charge in [0.25, 0.3) is 5.91 Å². The van der Waals surface area contributed by atoms with Crippen LogP contribution in [0.1, 0.15) is 21.5 Å². The largest absolute Gasteiger partial charge is 0.338 e. The third-order valence-electron chi connectivity index (χ3n) is 6.40. The first-order chi connectivity index (χ1) is 13.6. The molecule has 0 saturated carbocycles. The predicted octanol–water partition coefficient (Wildman–Crippen LogP) is 4.65. The number of aryl methyl sites for hydroxylation is 2. The fraction of sp³-hybridized carbons (Fsp3) is 0.333. The first-order valence-corrected chi connectivity index (χ1v) is 10.1. The topological polar surface area (TPSA) is 45.2 Å². The van der Waals surface area contributed by atoms with Gasteiger partial charge in [0.15, 0.2) is 0 Å². The van der Waals surface area contributed by atoms with Crippen LogP contribution in [0.4, 0.5) is 0 Å². The molecule has 2 aliphatic heterocycles. The summed E-state index contributed by atoms with van der Waals surface area (Å²) in [6.45, 7) is 7.96. The highest BCUT2D eigenvalue weighted by Crippen LogP contribution is 2.31. The second kappa shape index (κ2) is 8.93. The Labute approximate surface area is 189 Å². The van der Waals surface area contributed by atoms with Crippen molar-refractivity contribution in [2.75, 3.05) is 26.2 Å². The number of likely N-dealkylation sites (tertiary alicyclic amines) is 1. The van der Waals surface area contributed by atoms with Gasteiger partial charge in [-0.05, 0) is 55.0 Å². The predicted molar refractivity (Wildman–Crippen MR) is 127 cm³/mol. The summed E-state index contributed by atoms with van der Waals surface area (Å²) in [4.78, 5) is 20.5. The van der Waals surface area contributed by atoms with E-state index in [1.165, 1.54) is 11.1 Å². The molecule has 1 aromatic heterocycles. The Hall–Kier alpha value is -2.14. The number of pyridine rings is 1. The highest BCUT2D eigenvalue weighted by molar-refractivity contribution is 6.07. The average Bonchev–Trinajstić information content (AvgIpc) is 3.30.